The summed E-state index contributed by atoms with van der Waals surface area (Å²) in [7, 11) is 7.19. The van der Waals surface area contributed by atoms with Crippen molar-refractivity contribution < 1.29 is 33.2 Å². The zero-order valence-corrected chi connectivity index (χ0v) is 94.8. The number of ether oxygens (including phenoxy) is 7. The van der Waals surface area contributed by atoms with Crippen molar-refractivity contribution in [3.05, 3.63) is 46.6 Å². The molecule has 12 saturated carbocycles. The van der Waals surface area contributed by atoms with Crippen molar-refractivity contribution >= 4 is 0 Å². The molecule has 7 heteroatoms. The number of fused-ring (bicyclic) bond motifs is 20. The number of rotatable bonds is 42. The summed E-state index contributed by atoms with van der Waals surface area (Å²) >= 11 is 0. The van der Waals surface area contributed by atoms with E-state index in [1.54, 1.807) is 38.0 Å². The van der Waals surface area contributed by atoms with Crippen molar-refractivity contribution in [1.29, 1.82) is 0 Å². The standard InChI is InChI=1S/2C33H58O2.C32H56O.C31H54O2/c2*1-8-25(23(2)3)11-10-24(4)29-14-15-30-28-13-12-26-22-27(35-21-9-20-34-7)16-18-32(26,5)31(28)17-19-33(29,30)6;1-23(2)10-9-11-24(3)28-15-16-29-27-14-13-26-22-25(12-7-8-21-33-6)17-19-31(26,4)30(27)18-20-32(28,29)5;1-22(2)9-7-10-23(3)27-13-14-28-26-12-11-24-21-25(33-20-8-19-32-6)15-17-30(24,4)29(26)16-18-31(27,28)5/h2*12,23-25,27-31H,8-11,13-22H2,1-7H3;13,23-25,27-30H,7-12,14-22H2,1-6H3;11,22-23,25-29H,7-10,12-21H2,1-6H3/t24-,25-,27+,28+,29-,30+,31+,32+,33-;;;23-,25+,26+,27-,28+,29+,30+,31-/m1..1/s1. The van der Waals surface area contributed by atoms with Gasteiger partial charge in [-0.25, -0.2) is 0 Å². The third-order valence-corrected chi connectivity index (χ3v) is 47.0. The van der Waals surface area contributed by atoms with Crippen molar-refractivity contribution in [2.24, 2.45) is 203 Å². The maximum absolute atomic E-state index is 6.28. The molecule has 0 aliphatic heterocycles. The molecular formula is C129H226O7. The molecular weight excluding hydrogens is 1660 g/mol. The third kappa shape index (κ3) is 24.8. The van der Waals surface area contributed by atoms with E-state index in [-0.39, 0.29) is 0 Å². The summed E-state index contributed by atoms with van der Waals surface area (Å²) in [4.78, 5) is 0. The molecule has 16 aliphatic carbocycles. The second-order valence-corrected chi connectivity index (χ2v) is 55.3. The molecule has 0 heterocycles. The summed E-state index contributed by atoms with van der Waals surface area (Å²) in [6, 6.07) is 0. The summed E-state index contributed by atoms with van der Waals surface area (Å²) in [5.74, 6) is 25.0. The lowest BCUT2D eigenvalue weighted by molar-refractivity contribution is -0.0648. The Labute approximate surface area is 843 Å². The molecule has 136 heavy (non-hydrogen) atoms. The zero-order chi connectivity index (χ0) is 97.7. The molecule has 0 aromatic heterocycles. The van der Waals surface area contributed by atoms with Crippen LogP contribution in [0, 0.1) is 203 Å². The molecule has 7 nitrogen and oxygen atoms in total. The van der Waals surface area contributed by atoms with Crippen LogP contribution in [0.1, 0.15) is 473 Å². The molecule has 784 valence electrons. The van der Waals surface area contributed by atoms with E-state index in [4.69, 9.17) is 33.2 Å². The van der Waals surface area contributed by atoms with Crippen LogP contribution in [0.5, 0.6) is 0 Å². The molecule has 0 saturated heterocycles. The maximum atomic E-state index is 6.28. The van der Waals surface area contributed by atoms with E-state index in [0.29, 0.717) is 61.6 Å². The van der Waals surface area contributed by atoms with Crippen LogP contribution in [0.25, 0.3) is 0 Å². The smallest absolute Gasteiger partial charge is 0.0612 e. The van der Waals surface area contributed by atoms with Gasteiger partial charge >= 0.3 is 0 Å². The summed E-state index contributed by atoms with van der Waals surface area (Å²) in [5.41, 5.74) is 11.4. The van der Waals surface area contributed by atoms with Gasteiger partial charge in [0.05, 0.1) is 18.3 Å². The van der Waals surface area contributed by atoms with Gasteiger partial charge in [-0.1, -0.05) is 276 Å². The highest BCUT2D eigenvalue weighted by molar-refractivity contribution is 5.30. The molecule has 0 radical (unpaired) electrons. The van der Waals surface area contributed by atoms with Gasteiger partial charge in [-0.2, -0.15) is 0 Å². The Hall–Kier alpha value is -1.32. The minimum Gasteiger partial charge on any atom is -0.385 e. The quantitative estimate of drug-likeness (QED) is 0.0446. The Morgan fingerprint density at radius 3 is 0.831 bits per heavy atom. The molecule has 34 atom stereocenters. The van der Waals surface area contributed by atoms with Crippen molar-refractivity contribution in [3.63, 3.8) is 0 Å². The fraction of sp³-hybridized carbons (Fsp3) is 0.938. The largest absolute Gasteiger partial charge is 0.385 e. The zero-order valence-electron chi connectivity index (χ0n) is 94.8. The summed E-state index contributed by atoms with van der Waals surface area (Å²) in [6.45, 7) is 62.0. The molecule has 0 spiro atoms. The second kappa shape index (κ2) is 50.1. The Balaban J connectivity index is 0.000000153. The minimum absolute atomic E-state index is 0.436. The van der Waals surface area contributed by atoms with E-state index >= 15 is 0 Å². The van der Waals surface area contributed by atoms with Gasteiger partial charge in [0.2, 0.25) is 0 Å². The molecule has 16 aliphatic rings. The van der Waals surface area contributed by atoms with Crippen LogP contribution >= 0.6 is 0 Å². The normalized spacial score (nSPS) is 40.9. The molecule has 16 rings (SSSR count). The van der Waals surface area contributed by atoms with E-state index in [2.05, 4.69) is 177 Å². The van der Waals surface area contributed by atoms with Gasteiger partial charge in [-0.15, -0.1) is 0 Å². The van der Waals surface area contributed by atoms with E-state index < -0.39 is 0 Å². The van der Waals surface area contributed by atoms with Crippen molar-refractivity contribution in [2.75, 3.05) is 74.7 Å². The molecule has 0 aromatic rings. The van der Waals surface area contributed by atoms with Crippen LogP contribution in [0.2, 0.25) is 0 Å². The summed E-state index contributed by atoms with van der Waals surface area (Å²) in [6.07, 6.45) is 81.4. The highest BCUT2D eigenvalue weighted by Gasteiger charge is 2.65. The average molecular weight is 1890 g/mol. The first-order valence-corrected chi connectivity index (χ1v) is 60.7. The Morgan fingerprint density at radius 2 is 0.551 bits per heavy atom. The lowest BCUT2D eigenvalue weighted by Gasteiger charge is -2.58. The van der Waals surface area contributed by atoms with Gasteiger partial charge in [0.25, 0.3) is 0 Å². The molecule has 0 bridgehead atoms. The fourth-order valence-electron chi connectivity index (χ4n) is 38.7. The summed E-state index contributed by atoms with van der Waals surface area (Å²) < 4.78 is 39.7. The van der Waals surface area contributed by atoms with E-state index in [0.717, 1.165) is 225 Å². The topological polar surface area (TPSA) is 64.6 Å². The number of unbranched alkanes of at least 4 members (excludes halogenated alkanes) is 1. The average Bonchev–Trinajstić information content (AvgIpc) is 1.48. The molecule has 17 unspecified atom stereocenters. The number of allylic oxidation sites excluding steroid dienone is 5. The molecule has 0 aromatic carbocycles. The third-order valence-electron chi connectivity index (χ3n) is 47.0. The van der Waals surface area contributed by atoms with Crippen molar-refractivity contribution in [1.82, 2.24) is 0 Å². The highest BCUT2D eigenvalue weighted by atomic mass is 16.5. The van der Waals surface area contributed by atoms with Gasteiger partial charge in [0.1, 0.15) is 0 Å². The van der Waals surface area contributed by atoms with Crippen molar-refractivity contribution in [3.8, 4) is 0 Å². The fourth-order valence-corrected chi connectivity index (χ4v) is 38.7. The summed E-state index contributed by atoms with van der Waals surface area (Å²) in [5, 5.41) is 0. The van der Waals surface area contributed by atoms with E-state index in [9.17, 15) is 0 Å². The highest BCUT2D eigenvalue weighted by Crippen LogP contribution is 2.74. The lowest BCUT2D eigenvalue weighted by Crippen LogP contribution is -2.51. The Morgan fingerprint density at radius 1 is 0.272 bits per heavy atom. The second-order valence-electron chi connectivity index (χ2n) is 55.3. The van der Waals surface area contributed by atoms with Crippen LogP contribution in [-0.2, 0) is 33.2 Å². The minimum atomic E-state index is 0.436. The van der Waals surface area contributed by atoms with Gasteiger partial charge in [0.15, 0.2) is 0 Å². The van der Waals surface area contributed by atoms with Crippen LogP contribution in [0.15, 0.2) is 46.6 Å². The number of methoxy groups -OCH3 is 4. The van der Waals surface area contributed by atoms with Gasteiger partial charge in [0, 0.05) is 74.7 Å². The van der Waals surface area contributed by atoms with Crippen LogP contribution in [0.4, 0.5) is 0 Å². The first-order valence-electron chi connectivity index (χ1n) is 60.7. The number of hydrogen-bond donors (Lipinski definition) is 0. The van der Waals surface area contributed by atoms with Gasteiger partial charge in [-0.3, -0.25) is 0 Å². The number of hydrogen-bond acceptors (Lipinski definition) is 7. The van der Waals surface area contributed by atoms with Crippen LogP contribution in [0.3, 0.4) is 0 Å². The van der Waals surface area contributed by atoms with Crippen molar-refractivity contribution in [2.45, 2.75) is 492 Å². The van der Waals surface area contributed by atoms with E-state index in [1.165, 1.54) is 302 Å². The Kier molecular flexibility index (Phi) is 41.2. The Bertz CT molecular complexity index is 3460. The maximum Gasteiger partial charge on any atom is 0.0612 e. The first-order chi connectivity index (χ1) is 65.1. The SMILES string of the molecule is CCC(CCC(C)C1CCC2C3CC=C4CC(OCCCOC)CCC4(C)C3CCC12C)C(C)C.CC[C@H](CC[C@@H](C)[C@H]1CC[C@H]2[C@@H]3CC=C4C[C@@H](OCCCOC)CC[C@]4(C)[C@H]3CC[C@]12C)C(C)C.COCCCCC1CCC2(C)C(=CCC3C2CCC2(C)C(C(C)CCCC(C)C)CCC32)C1.COCCCO[C@H]1CC[C@@]2(C)C(=CC[C@H]3[C@@H]4CC[C@H]([C@H](C)CCCC(C)C)[C@@]4(C)CC[C@@H]32)C1. The lowest BCUT2D eigenvalue weighted by atomic mass is 9.46. The predicted octanol–water partition coefficient (Wildman–Crippen LogP) is 36.1. The molecule has 0 amide bonds. The van der Waals surface area contributed by atoms with Crippen LogP contribution in [-0.4, -0.2) is 93.0 Å². The van der Waals surface area contributed by atoms with Crippen LogP contribution < -0.4 is 0 Å². The first kappa shape index (κ1) is 112. The van der Waals surface area contributed by atoms with Gasteiger partial charge < -0.3 is 33.2 Å². The molecule has 12 fully saturated rings. The predicted molar refractivity (Wildman–Crippen MR) is 578 cm³/mol. The monoisotopic (exact) mass is 1890 g/mol. The molecule has 0 N–H and O–H groups in total. The van der Waals surface area contributed by atoms with E-state index in [1.807, 2.05) is 12.7 Å². The van der Waals surface area contributed by atoms with Gasteiger partial charge in [-0.05, 0) is 447 Å².